The van der Waals surface area contributed by atoms with Gasteiger partial charge in [0, 0.05) is 16.0 Å². The molecule has 0 spiro atoms. The number of halogens is 2. The summed E-state index contributed by atoms with van der Waals surface area (Å²) in [5, 5.41) is 6.69. The molecule has 0 aliphatic carbocycles. The van der Waals surface area contributed by atoms with E-state index in [1.807, 2.05) is 12.3 Å². The number of nitrogens with zero attached hydrogens (tertiary/aromatic N) is 1. The molecule has 1 aromatic carbocycles. The molecule has 0 saturated carbocycles. The lowest BCUT2D eigenvalue weighted by Crippen LogP contribution is -2.24. The summed E-state index contributed by atoms with van der Waals surface area (Å²) in [5.74, 6) is -0.299. The number of aryl methyl sites for hydroxylation is 1. The fraction of sp³-hybridized carbons (Fsp3) is 0.357. The largest absolute Gasteiger partial charge is 0.305 e. The lowest BCUT2D eigenvalue weighted by molar-refractivity contribution is 0.540. The fourth-order valence-electron chi connectivity index (χ4n) is 1.91. The minimum Gasteiger partial charge on any atom is -0.305 e. The summed E-state index contributed by atoms with van der Waals surface area (Å²) in [5.41, 5.74) is 1.44. The predicted octanol–water partition coefficient (Wildman–Crippen LogP) is 4.33. The van der Waals surface area contributed by atoms with E-state index in [1.165, 1.54) is 6.07 Å². The van der Waals surface area contributed by atoms with Gasteiger partial charge in [0.15, 0.2) is 0 Å². The summed E-state index contributed by atoms with van der Waals surface area (Å²) >= 11 is 7.37. The lowest BCUT2D eigenvalue weighted by atomic mass is 10.0. The Balaban J connectivity index is 2.36. The third kappa shape index (κ3) is 3.53. The van der Waals surface area contributed by atoms with Crippen molar-refractivity contribution in [3.8, 4) is 0 Å². The van der Waals surface area contributed by atoms with Gasteiger partial charge in [-0.15, -0.1) is 11.3 Å². The van der Waals surface area contributed by atoms with E-state index < -0.39 is 0 Å². The van der Waals surface area contributed by atoms with Crippen LogP contribution >= 0.6 is 22.9 Å². The molecular formula is C14H16ClFN2S. The Morgan fingerprint density at radius 3 is 2.84 bits per heavy atom. The maximum absolute atomic E-state index is 14.1. The first kappa shape index (κ1) is 14.4. The Bertz CT molecular complexity index is 556. The first-order valence-electron chi connectivity index (χ1n) is 6.22. The second kappa shape index (κ2) is 6.46. The molecule has 2 rings (SSSR count). The number of thiazole rings is 1. The number of rotatable bonds is 5. The van der Waals surface area contributed by atoms with Crippen LogP contribution in [0.2, 0.25) is 5.02 Å². The fourth-order valence-corrected chi connectivity index (χ4v) is 2.71. The molecule has 1 atom stereocenters. The van der Waals surface area contributed by atoms with Crippen molar-refractivity contribution in [1.29, 1.82) is 0 Å². The Morgan fingerprint density at radius 1 is 1.47 bits per heavy atom. The zero-order valence-corrected chi connectivity index (χ0v) is 12.5. The van der Waals surface area contributed by atoms with Gasteiger partial charge in [0.05, 0.1) is 16.7 Å². The molecule has 0 amide bonds. The smallest absolute Gasteiger partial charge is 0.129 e. The zero-order valence-electron chi connectivity index (χ0n) is 10.9. The number of benzene rings is 1. The summed E-state index contributed by atoms with van der Waals surface area (Å²) in [4.78, 5) is 4.46. The highest BCUT2D eigenvalue weighted by molar-refractivity contribution is 7.09. The van der Waals surface area contributed by atoms with E-state index in [9.17, 15) is 4.39 Å². The monoisotopic (exact) mass is 298 g/mol. The number of nitrogens with one attached hydrogen (secondary N) is 1. The van der Waals surface area contributed by atoms with Crippen LogP contribution in [0.3, 0.4) is 0 Å². The minimum atomic E-state index is -0.299. The molecule has 0 saturated heterocycles. The summed E-state index contributed by atoms with van der Waals surface area (Å²) in [6.45, 7) is 4.83. The summed E-state index contributed by atoms with van der Waals surface area (Å²) in [6.07, 6.45) is 0.981. The quantitative estimate of drug-likeness (QED) is 0.888. The summed E-state index contributed by atoms with van der Waals surface area (Å²) in [7, 11) is 0. The molecule has 0 radical (unpaired) electrons. The number of hydrogen-bond donors (Lipinski definition) is 1. The van der Waals surface area contributed by atoms with Gasteiger partial charge in [-0.2, -0.15) is 0 Å². The molecule has 0 aliphatic heterocycles. The summed E-state index contributed by atoms with van der Waals surface area (Å²) < 4.78 is 14.1. The maximum Gasteiger partial charge on any atom is 0.129 e. The Labute approximate surface area is 121 Å². The van der Waals surface area contributed by atoms with Crippen molar-refractivity contribution in [2.75, 3.05) is 6.54 Å². The van der Waals surface area contributed by atoms with Crippen LogP contribution in [-0.4, -0.2) is 11.5 Å². The van der Waals surface area contributed by atoms with Crippen LogP contribution in [0.4, 0.5) is 4.39 Å². The second-order valence-electron chi connectivity index (χ2n) is 4.34. The molecule has 19 heavy (non-hydrogen) atoms. The van der Waals surface area contributed by atoms with E-state index in [1.54, 1.807) is 23.5 Å². The molecule has 102 valence electrons. The highest BCUT2D eigenvalue weighted by Gasteiger charge is 2.19. The first-order chi connectivity index (χ1) is 9.11. The molecule has 1 aromatic heterocycles. The van der Waals surface area contributed by atoms with Gasteiger partial charge in [0.2, 0.25) is 0 Å². The highest BCUT2D eigenvalue weighted by atomic mass is 35.5. The van der Waals surface area contributed by atoms with Crippen LogP contribution in [0, 0.1) is 12.7 Å². The molecule has 1 unspecified atom stereocenters. The molecule has 1 N–H and O–H groups in total. The molecule has 2 aromatic rings. The van der Waals surface area contributed by atoms with Crippen LogP contribution < -0.4 is 5.32 Å². The second-order valence-corrected chi connectivity index (χ2v) is 5.84. The van der Waals surface area contributed by atoms with Crippen LogP contribution in [0.25, 0.3) is 0 Å². The molecule has 0 fully saturated rings. The zero-order chi connectivity index (χ0) is 13.8. The molecule has 5 heteroatoms. The van der Waals surface area contributed by atoms with Crippen LogP contribution in [0.1, 0.15) is 35.7 Å². The van der Waals surface area contributed by atoms with Crippen LogP contribution in [0.5, 0.6) is 0 Å². The van der Waals surface area contributed by atoms with E-state index in [4.69, 9.17) is 11.6 Å². The van der Waals surface area contributed by atoms with Crippen LogP contribution in [0.15, 0.2) is 23.6 Å². The highest BCUT2D eigenvalue weighted by Crippen LogP contribution is 2.27. The lowest BCUT2D eigenvalue weighted by Gasteiger charge is -2.18. The van der Waals surface area contributed by atoms with Gasteiger partial charge < -0.3 is 5.32 Å². The van der Waals surface area contributed by atoms with Crippen molar-refractivity contribution < 1.29 is 4.39 Å². The van der Waals surface area contributed by atoms with Crippen molar-refractivity contribution in [3.05, 3.63) is 50.7 Å². The van der Waals surface area contributed by atoms with E-state index in [0.29, 0.717) is 10.6 Å². The molecule has 0 bridgehead atoms. The third-order valence-electron chi connectivity index (χ3n) is 2.80. The summed E-state index contributed by atoms with van der Waals surface area (Å²) in [6, 6.07) is 4.55. The number of hydrogen-bond acceptors (Lipinski definition) is 3. The Hall–Kier alpha value is -0.970. The number of aromatic nitrogens is 1. The van der Waals surface area contributed by atoms with E-state index in [-0.39, 0.29) is 11.9 Å². The van der Waals surface area contributed by atoms with Gasteiger partial charge in [-0.05, 0) is 32.0 Å². The van der Waals surface area contributed by atoms with Crippen molar-refractivity contribution >= 4 is 22.9 Å². The van der Waals surface area contributed by atoms with Gasteiger partial charge >= 0.3 is 0 Å². The predicted molar refractivity (Wildman–Crippen MR) is 78.4 cm³/mol. The van der Waals surface area contributed by atoms with Crippen molar-refractivity contribution in [2.24, 2.45) is 0 Å². The Morgan fingerprint density at radius 2 is 2.26 bits per heavy atom. The standard InChI is InChI=1S/C14H16ClFN2S/c1-3-6-17-14(13-8-19-9(2)18-13)11-5-4-10(15)7-12(11)16/h4-5,7-8,14,17H,3,6H2,1-2H3. The van der Waals surface area contributed by atoms with Gasteiger partial charge in [-0.1, -0.05) is 24.6 Å². The van der Waals surface area contributed by atoms with Crippen molar-refractivity contribution in [1.82, 2.24) is 10.3 Å². The Kier molecular flexibility index (Phi) is 4.91. The van der Waals surface area contributed by atoms with Gasteiger partial charge in [0.1, 0.15) is 5.82 Å². The van der Waals surface area contributed by atoms with Crippen molar-refractivity contribution in [2.45, 2.75) is 26.3 Å². The van der Waals surface area contributed by atoms with Gasteiger partial charge in [-0.3, -0.25) is 0 Å². The van der Waals surface area contributed by atoms with Crippen LogP contribution in [-0.2, 0) is 0 Å². The third-order valence-corrected chi connectivity index (χ3v) is 3.83. The minimum absolute atomic E-state index is 0.220. The molecular weight excluding hydrogens is 283 g/mol. The molecule has 1 heterocycles. The average molecular weight is 299 g/mol. The van der Waals surface area contributed by atoms with Gasteiger partial charge in [-0.25, -0.2) is 9.37 Å². The van der Waals surface area contributed by atoms with E-state index in [0.717, 1.165) is 23.7 Å². The topological polar surface area (TPSA) is 24.9 Å². The molecule has 0 aliphatic rings. The first-order valence-corrected chi connectivity index (χ1v) is 7.48. The average Bonchev–Trinajstić information content (AvgIpc) is 2.78. The molecule has 2 nitrogen and oxygen atoms in total. The SMILES string of the molecule is CCCNC(c1csc(C)n1)c1ccc(Cl)cc1F. The van der Waals surface area contributed by atoms with Gasteiger partial charge in [0.25, 0.3) is 0 Å². The normalized spacial score (nSPS) is 12.6. The van der Waals surface area contributed by atoms with Crippen molar-refractivity contribution in [3.63, 3.8) is 0 Å². The van der Waals surface area contributed by atoms with E-state index in [2.05, 4.69) is 17.2 Å². The van der Waals surface area contributed by atoms with E-state index >= 15 is 0 Å². The maximum atomic E-state index is 14.1.